The summed E-state index contributed by atoms with van der Waals surface area (Å²) in [4.78, 5) is 0. The molecular formula is C10H10BrFN4. The predicted octanol–water partition coefficient (Wildman–Crippen LogP) is 2.31. The molecule has 1 aromatic carbocycles. The van der Waals surface area contributed by atoms with E-state index in [9.17, 15) is 4.39 Å². The first-order chi connectivity index (χ1) is 7.63. The zero-order valence-electron chi connectivity index (χ0n) is 8.61. The fourth-order valence-electron chi connectivity index (χ4n) is 1.49. The van der Waals surface area contributed by atoms with Gasteiger partial charge in [0.2, 0.25) is 0 Å². The fourth-order valence-corrected chi connectivity index (χ4v) is 2.01. The number of hydrogen-bond acceptors (Lipinski definition) is 3. The van der Waals surface area contributed by atoms with Gasteiger partial charge in [-0.05, 0) is 40.5 Å². The Morgan fingerprint density at radius 3 is 2.88 bits per heavy atom. The lowest BCUT2D eigenvalue weighted by atomic mass is 10.3. The van der Waals surface area contributed by atoms with Crippen molar-refractivity contribution in [2.75, 3.05) is 5.73 Å². The van der Waals surface area contributed by atoms with Crippen molar-refractivity contribution >= 4 is 21.7 Å². The summed E-state index contributed by atoms with van der Waals surface area (Å²) in [6.07, 6.45) is 0.711. The highest BCUT2D eigenvalue weighted by Gasteiger charge is 2.12. The third-order valence-electron chi connectivity index (χ3n) is 2.27. The standard InChI is InChI=1S/C10H10BrFN4/c1-2-8-10(13)14-15-16(8)9-4-3-6(12)5-7(9)11/h3-5H,2,13H2,1H3. The maximum Gasteiger partial charge on any atom is 0.169 e. The fraction of sp³-hybridized carbons (Fsp3) is 0.200. The van der Waals surface area contributed by atoms with Crippen LogP contribution in [-0.2, 0) is 6.42 Å². The molecule has 2 rings (SSSR count). The minimum Gasteiger partial charge on any atom is -0.381 e. The number of rotatable bonds is 2. The van der Waals surface area contributed by atoms with Crippen LogP contribution in [0.5, 0.6) is 0 Å². The Labute approximate surface area is 100 Å². The molecule has 0 aliphatic carbocycles. The largest absolute Gasteiger partial charge is 0.381 e. The molecule has 2 aromatic rings. The van der Waals surface area contributed by atoms with E-state index in [0.717, 1.165) is 11.4 Å². The highest BCUT2D eigenvalue weighted by Crippen LogP contribution is 2.24. The molecule has 0 fully saturated rings. The molecule has 4 nitrogen and oxygen atoms in total. The zero-order chi connectivity index (χ0) is 11.7. The summed E-state index contributed by atoms with van der Waals surface area (Å²) in [6, 6.07) is 4.39. The summed E-state index contributed by atoms with van der Waals surface area (Å²) in [7, 11) is 0. The second-order valence-electron chi connectivity index (χ2n) is 3.28. The monoisotopic (exact) mass is 284 g/mol. The van der Waals surface area contributed by atoms with E-state index in [4.69, 9.17) is 5.73 Å². The van der Waals surface area contributed by atoms with Crippen LogP contribution in [-0.4, -0.2) is 15.0 Å². The van der Waals surface area contributed by atoms with Crippen LogP contribution in [0.15, 0.2) is 22.7 Å². The summed E-state index contributed by atoms with van der Waals surface area (Å²) in [5.74, 6) is 0.0977. The minimum atomic E-state index is -0.304. The molecular weight excluding hydrogens is 275 g/mol. The third-order valence-corrected chi connectivity index (χ3v) is 2.90. The normalized spacial score (nSPS) is 10.7. The minimum absolute atomic E-state index is 0.304. The topological polar surface area (TPSA) is 56.7 Å². The van der Waals surface area contributed by atoms with Crippen molar-refractivity contribution in [1.82, 2.24) is 15.0 Å². The highest BCUT2D eigenvalue weighted by molar-refractivity contribution is 9.10. The quantitative estimate of drug-likeness (QED) is 0.921. The molecule has 16 heavy (non-hydrogen) atoms. The second-order valence-corrected chi connectivity index (χ2v) is 4.14. The third kappa shape index (κ3) is 1.80. The zero-order valence-corrected chi connectivity index (χ0v) is 10.2. The maximum atomic E-state index is 13.0. The van der Waals surface area contributed by atoms with Crippen LogP contribution in [0, 0.1) is 5.82 Å². The van der Waals surface area contributed by atoms with Crippen molar-refractivity contribution in [3.8, 4) is 5.69 Å². The Balaban J connectivity index is 2.58. The number of halogens is 2. The Hall–Kier alpha value is -1.43. The van der Waals surface area contributed by atoms with Crippen molar-refractivity contribution in [3.05, 3.63) is 34.2 Å². The van der Waals surface area contributed by atoms with Gasteiger partial charge in [0.15, 0.2) is 5.82 Å². The SMILES string of the molecule is CCc1c(N)nnn1-c1ccc(F)cc1Br. The van der Waals surface area contributed by atoms with Crippen molar-refractivity contribution in [2.24, 2.45) is 0 Å². The lowest BCUT2D eigenvalue weighted by Gasteiger charge is -2.07. The molecule has 0 aliphatic heterocycles. The van der Waals surface area contributed by atoms with Crippen LogP contribution in [0.4, 0.5) is 10.2 Å². The summed E-state index contributed by atoms with van der Waals surface area (Å²) in [6.45, 7) is 1.96. The Kier molecular flexibility index (Phi) is 2.91. The lowest BCUT2D eigenvalue weighted by Crippen LogP contribution is -2.03. The van der Waals surface area contributed by atoms with Gasteiger partial charge in [0.1, 0.15) is 5.82 Å². The van der Waals surface area contributed by atoms with E-state index in [1.165, 1.54) is 12.1 Å². The number of anilines is 1. The molecule has 1 aromatic heterocycles. The first kappa shape index (κ1) is 11.1. The smallest absolute Gasteiger partial charge is 0.169 e. The number of nitrogens with zero attached hydrogens (tertiary/aromatic N) is 3. The maximum absolute atomic E-state index is 13.0. The van der Waals surface area contributed by atoms with Gasteiger partial charge in [-0.3, -0.25) is 0 Å². The van der Waals surface area contributed by atoms with E-state index in [-0.39, 0.29) is 5.82 Å². The van der Waals surface area contributed by atoms with Gasteiger partial charge in [0.05, 0.1) is 11.4 Å². The molecule has 0 spiro atoms. The van der Waals surface area contributed by atoms with E-state index in [1.54, 1.807) is 10.7 Å². The molecule has 0 aliphatic rings. The average Bonchev–Trinajstić information content (AvgIpc) is 2.59. The molecule has 1 heterocycles. The first-order valence-corrected chi connectivity index (χ1v) is 5.58. The Morgan fingerprint density at radius 2 is 2.25 bits per heavy atom. The summed E-state index contributed by atoms with van der Waals surface area (Å²) >= 11 is 3.29. The molecule has 0 atom stereocenters. The van der Waals surface area contributed by atoms with Gasteiger partial charge in [0, 0.05) is 4.47 Å². The van der Waals surface area contributed by atoms with E-state index < -0.39 is 0 Å². The van der Waals surface area contributed by atoms with Crippen LogP contribution in [0.25, 0.3) is 5.69 Å². The number of benzene rings is 1. The van der Waals surface area contributed by atoms with Crippen molar-refractivity contribution in [2.45, 2.75) is 13.3 Å². The number of nitrogen functional groups attached to an aromatic ring is 1. The van der Waals surface area contributed by atoms with Crippen LogP contribution in [0.2, 0.25) is 0 Å². The van der Waals surface area contributed by atoms with Crippen LogP contribution >= 0.6 is 15.9 Å². The molecule has 84 valence electrons. The summed E-state index contributed by atoms with van der Waals surface area (Å²) < 4.78 is 15.2. The Morgan fingerprint density at radius 1 is 1.50 bits per heavy atom. The average molecular weight is 285 g/mol. The van der Waals surface area contributed by atoms with Crippen molar-refractivity contribution in [3.63, 3.8) is 0 Å². The van der Waals surface area contributed by atoms with Crippen molar-refractivity contribution in [1.29, 1.82) is 0 Å². The molecule has 2 N–H and O–H groups in total. The first-order valence-electron chi connectivity index (χ1n) is 4.79. The van der Waals surface area contributed by atoms with Gasteiger partial charge in [0.25, 0.3) is 0 Å². The van der Waals surface area contributed by atoms with E-state index in [2.05, 4.69) is 26.2 Å². The molecule has 0 radical (unpaired) electrons. The van der Waals surface area contributed by atoms with Gasteiger partial charge in [-0.1, -0.05) is 12.1 Å². The van der Waals surface area contributed by atoms with Gasteiger partial charge >= 0.3 is 0 Å². The van der Waals surface area contributed by atoms with Gasteiger partial charge in [-0.25, -0.2) is 9.07 Å². The molecule has 0 amide bonds. The van der Waals surface area contributed by atoms with Crippen LogP contribution in [0.1, 0.15) is 12.6 Å². The highest BCUT2D eigenvalue weighted by atomic mass is 79.9. The number of hydrogen-bond donors (Lipinski definition) is 1. The van der Waals surface area contributed by atoms with E-state index in [0.29, 0.717) is 16.7 Å². The lowest BCUT2D eigenvalue weighted by molar-refractivity contribution is 0.625. The predicted molar refractivity (Wildman–Crippen MR) is 62.8 cm³/mol. The van der Waals surface area contributed by atoms with Crippen LogP contribution < -0.4 is 5.73 Å². The van der Waals surface area contributed by atoms with E-state index >= 15 is 0 Å². The molecule has 0 bridgehead atoms. The number of aromatic nitrogens is 3. The second kappa shape index (κ2) is 4.21. The Bertz CT molecular complexity index is 524. The molecule has 6 heteroatoms. The van der Waals surface area contributed by atoms with E-state index in [1.807, 2.05) is 6.92 Å². The summed E-state index contributed by atoms with van der Waals surface area (Å²) in [5, 5.41) is 7.74. The van der Waals surface area contributed by atoms with Crippen LogP contribution in [0.3, 0.4) is 0 Å². The molecule has 0 unspecified atom stereocenters. The van der Waals surface area contributed by atoms with Gasteiger partial charge < -0.3 is 5.73 Å². The number of nitrogens with two attached hydrogens (primary N) is 1. The molecule has 0 saturated heterocycles. The van der Waals surface area contributed by atoms with Crippen molar-refractivity contribution < 1.29 is 4.39 Å². The van der Waals surface area contributed by atoms with Gasteiger partial charge in [-0.15, -0.1) is 5.10 Å². The summed E-state index contributed by atoms with van der Waals surface area (Å²) in [5.41, 5.74) is 7.22. The molecule has 0 saturated carbocycles. The van der Waals surface area contributed by atoms with Gasteiger partial charge in [-0.2, -0.15) is 0 Å².